The first-order chi connectivity index (χ1) is 17.1. The van der Waals surface area contributed by atoms with Gasteiger partial charge in [-0.2, -0.15) is 5.26 Å². The molecule has 172 valence electrons. The summed E-state index contributed by atoms with van der Waals surface area (Å²) in [6.07, 6.45) is 5.41. The second-order valence-electron chi connectivity index (χ2n) is 7.78. The number of nitrogens with zero attached hydrogens (tertiary/aromatic N) is 2. The van der Waals surface area contributed by atoms with Crippen LogP contribution in [-0.4, -0.2) is 10.5 Å². The van der Waals surface area contributed by atoms with E-state index in [1.165, 1.54) is 4.57 Å². The van der Waals surface area contributed by atoms with Gasteiger partial charge in [-0.05, 0) is 36.3 Å². The molecule has 0 spiro atoms. The Morgan fingerprint density at radius 3 is 2.20 bits per heavy atom. The molecule has 1 aromatic heterocycles. The van der Waals surface area contributed by atoms with Gasteiger partial charge < -0.3 is 5.32 Å². The van der Waals surface area contributed by atoms with E-state index in [-0.39, 0.29) is 17.2 Å². The van der Waals surface area contributed by atoms with Crippen LogP contribution in [0.2, 0.25) is 0 Å². The van der Waals surface area contributed by atoms with E-state index in [0.29, 0.717) is 14.9 Å². The Balaban J connectivity index is 1.82. The van der Waals surface area contributed by atoms with Crippen molar-refractivity contribution in [3.63, 3.8) is 0 Å². The fraction of sp³-hybridized carbons (Fsp3) is 0.0690. The van der Waals surface area contributed by atoms with Crippen molar-refractivity contribution in [1.82, 2.24) is 9.88 Å². The molecule has 0 unspecified atom stereocenters. The summed E-state index contributed by atoms with van der Waals surface area (Å²) in [7, 11) is 0. The van der Waals surface area contributed by atoms with Crippen molar-refractivity contribution in [3.05, 3.63) is 128 Å². The maximum absolute atomic E-state index is 13.4. The van der Waals surface area contributed by atoms with Crippen LogP contribution < -0.4 is 20.1 Å². The summed E-state index contributed by atoms with van der Waals surface area (Å²) in [6.45, 7) is 1.86. The predicted octanol–water partition coefficient (Wildman–Crippen LogP) is 3.94. The van der Waals surface area contributed by atoms with Crippen molar-refractivity contribution < 1.29 is 4.79 Å². The van der Waals surface area contributed by atoms with Crippen molar-refractivity contribution >= 4 is 35.0 Å². The standard InChI is InChI=1S/C29H23N3O2S/c1-21(23-15-7-3-8-16-23)31-27(33)25(20-30)29-32(24-17-9-4-10-18-24)28(34)26(35-29)19-11-14-22-12-5-2-6-13-22/h2-19,21H,1H3,(H,31,33)/b14-11+,26-19+,29-25+/t21-/m0/s1. The lowest BCUT2D eigenvalue weighted by Gasteiger charge is -2.13. The summed E-state index contributed by atoms with van der Waals surface area (Å²) in [6, 6.07) is 30.0. The second-order valence-corrected chi connectivity index (χ2v) is 8.81. The van der Waals surface area contributed by atoms with Crippen molar-refractivity contribution in [2.75, 3.05) is 0 Å². The molecule has 35 heavy (non-hydrogen) atoms. The van der Waals surface area contributed by atoms with Crippen LogP contribution in [0.1, 0.15) is 24.1 Å². The van der Waals surface area contributed by atoms with Crippen molar-refractivity contribution in [2.45, 2.75) is 13.0 Å². The van der Waals surface area contributed by atoms with Gasteiger partial charge in [0.05, 0.1) is 16.3 Å². The maximum Gasteiger partial charge on any atom is 0.273 e. The highest BCUT2D eigenvalue weighted by molar-refractivity contribution is 7.07. The first-order valence-corrected chi connectivity index (χ1v) is 11.9. The lowest BCUT2D eigenvalue weighted by Crippen LogP contribution is -2.34. The third-order valence-electron chi connectivity index (χ3n) is 5.37. The molecule has 6 heteroatoms. The second kappa shape index (κ2) is 11.1. The number of carbonyl (C=O) groups excluding carboxylic acids is 1. The predicted molar refractivity (Wildman–Crippen MR) is 141 cm³/mol. The molecule has 1 heterocycles. The Labute approximate surface area is 207 Å². The molecule has 0 fully saturated rings. The van der Waals surface area contributed by atoms with E-state index in [1.807, 2.05) is 97.9 Å². The molecule has 1 amide bonds. The Hall–Kier alpha value is -4.47. The number of hydrogen-bond acceptors (Lipinski definition) is 4. The zero-order valence-electron chi connectivity index (χ0n) is 19.1. The smallest absolute Gasteiger partial charge is 0.273 e. The number of nitriles is 1. The fourth-order valence-corrected chi connectivity index (χ4v) is 4.63. The first-order valence-electron chi connectivity index (χ1n) is 11.1. The van der Waals surface area contributed by atoms with E-state index in [2.05, 4.69) is 5.32 Å². The molecular formula is C29H23N3O2S. The topological polar surface area (TPSA) is 74.9 Å². The molecule has 1 atom stereocenters. The molecule has 0 aliphatic carbocycles. The monoisotopic (exact) mass is 477 g/mol. The van der Waals surface area contributed by atoms with Gasteiger partial charge in [0.2, 0.25) is 0 Å². The van der Waals surface area contributed by atoms with Gasteiger partial charge in [0.15, 0.2) is 5.57 Å². The largest absolute Gasteiger partial charge is 0.345 e. The fourth-order valence-electron chi connectivity index (χ4n) is 3.58. The minimum Gasteiger partial charge on any atom is -0.345 e. The highest BCUT2D eigenvalue weighted by atomic mass is 32.1. The third-order valence-corrected chi connectivity index (χ3v) is 6.48. The molecule has 0 aliphatic heterocycles. The Kier molecular flexibility index (Phi) is 7.51. The molecule has 0 saturated heterocycles. The van der Waals surface area contributed by atoms with Gasteiger partial charge in [0, 0.05) is 0 Å². The summed E-state index contributed by atoms with van der Waals surface area (Å²) in [5, 5.41) is 12.8. The maximum atomic E-state index is 13.4. The third kappa shape index (κ3) is 5.55. The zero-order valence-corrected chi connectivity index (χ0v) is 19.9. The average molecular weight is 478 g/mol. The number of para-hydroxylation sites is 1. The van der Waals surface area contributed by atoms with Crippen LogP contribution >= 0.6 is 11.3 Å². The van der Waals surface area contributed by atoms with Crippen LogP contribution in [0.15, 0.2) is 102 Å². The number of carbonyl (C=O) groups is 1. The molecular weight excluding hydrogens is 454 g/mol. The van der Waals surface area contributed by atoms with E-state index < -0.39 is 5.91 Å². The molecule has 1 N–H and O–H groups in total. The Morgan fingerprint density at radius 1 is 0.971 bits per heavy atom. The van der Waals surface area contributed by atoms with E-state index >= 15 is 0 Å². The molecule has 0 saturated carbocycles. The van der Waals surface area contributed by atoms with Crippen LogP contribution in [-0.2, 0) is 4.79 Å². The first kappa shape index (κ1) is 23.7. The minimum absolute atomic E-state index is 0.106. The molecule has 0 radical (unpaired) electrons. The van der Waals surface area contributed by atoms with Gasteiger partial charge >= 0.3 is 0 Å². The summed E-state index contributed by atoms with van der Waals surface area (Å²) in [5.74, 6) is -0.527. The minimum atomic E-state index is -0.527. The van der Waals surface area contributed by atoms with E-state index in [0.717, 1.165) is 22.5 Å². The lowest BCUT2D eigenvalue weighted by molar-refractivity contribution is -0.116. The Morgan fingerprint density at radius 2 is 1.57 bits per heavy atom. The number of allylic oxidation sites excluding steroid dienone is 1. The lowest BCUT2D eigenvalue weighted by atomic mass is 10.1. The van der Waals surface area contributed by atoms with E-state index in [4.69, 9.17) is 0 Å². The van der Waals surface area contributed by atoms with Crippen LogP contribution in [0.5, 0.6) is 0 Å². The number of nitrogens with one attached hydrogen (secondary N) is 1. The summed E-state index contributed by atoms with van der Waals surface area (Å²) in [5.41, 5.74) is 2.12. The number of thiazole rings is 1. The van der Waals surface area contributed by atoms with Crippen LogP contribution in [0.25, 0.3) is 23.4 Å². The van der Waals surface area contributed by atoms with Gasteiger partial charge in [0.25, 0.3) is 11.5 Å². The molecule has 4 rings (SSSR count). The molecule has 3 aromatic carbocycles. The Bertz CT molecular complexity index is 1560. The number of rotatable bonds is 6. The number of benzene rings is 3. The average Bonchev–Trinajstić information content (AvgIpc) is 3.21. The summed E-state index contributed by atoms with van der Waals surface area (Å²) in [4.78, 5) is 26.5. The van der Waals surface area contributed by atoms with Gasteiger partial charge in [-0.1, -0.05) is 91.0 Å². The van der Waals surface area contributed by atoms with Gasteiger partial charge in [-0.15, -0.1) is 11.3 Å². The van der Waals surface area contributed by atoms with Crippen LogP contribution in [0, 0.1) is 11.3 Å². The van der Waals surface area contributed by atoms with Gasteiger partial charge in [-0.25, -0.2) is 0 Å². The molecule has 0 aliphatic rings. The van der Waals surface area contributed by atoms with Crippen LogP contribution in [0.4, 0.5) is 0 Å². The quantitative estimate of drug-likeness (QED) is 0.457. The van der Waals surface area contributed by atoms with Crippen molar-refractivity contribution in [3.8, 4) is 11.8 Å². The summed E-state index contributed by atoms with van der Waals surface area (Å²) >= 11 is 1.12. The molecule has 0 bridgehead atoms. The highest BCUT2D eigenvalue weighted by Crippen LogP contribution is 2.12. The van der Waals surface area contributed by atoms with Gasteiger partial charge in [0.1, 0.15) is 10.7 Å². The zero-order chi connectivity index (χ0) is 24.6. The molecule has 4 aromatic rings. The van der Waals surface area contributed by atoms with Crippen LogP contribution in [0.3, 0.4) is 0 Å². The summed E-state index contributed by atoms with van der Waals surface area (Å²) < 4.78 is 2.14. The van der Waals surface area contributed by atoms with Crippen molar-refractivity contribution in [1.29, 1.82) is 5.26 Å². The highest BCUT2D eigenvalue weighted by Gasteiger charge is 2.18. The number of hydrogen-bond donors (Lipinski definition) is 1. The number of aromatic nitrogens is 1. The van der Waals surface area contributed by atoms with E-state index in [9.17, 15) is 14.9 Å². The SMILES string of the molecule is C[C@H](NC(=O)/C(C#N)=c1/s/c(=C/C=C/c2ccccc2)c(=O)n1-c1ccccc1)c1ccccc1. The van der Waals surface area contributed by atoms with Gasteiger partial charge in [-0.3, -0.25) is 14.2 Å². The van der Waals surface area contributed by atoms with E-state index in [1.54, 1.807) is 24.3 Å². The van der Waals surface area contributed by atoms with Crippen molar-refractivity contribution in [2.24, 2.45) is 0 Å². The number of amides is 1. The normalized spacial score (nSPS) is 13.3. The molecule has 5 nitrogen and oxygen atoms in total.